The van der Waals surface area contributed by atoms with E-state index in [-0.39, 0.29) is 32.7 Å². The van der Waals surface area contributed by atoms with Crippen molar-refractivity contribution in [1.82, 2.24) is 5.32 Å². The van der Waals surface area contributed by atoms with Gasteiger partial charge in [-0.15, -0.1) is 5.56 Å². The van der Waals surface area contributed by atoms with Crippen molar-refractivity contribution in [2.24, 2.45) is 0 Å². The zero-order valence-corrected chi connectivity index (χ0v) is 9.27. The molecular formula is C9H10NY-. The molecule has 0 fully saturated rings. The van der Waals surface area contributed by atoms with E-state index in [0.717, 1.165) is 19.5 Å². The van der Waals surface area contributed by atoms with Gasteiger partial charge in [0.1, 0.15) is 0 Å². The topological polar surface area (TPSA) is 12.0 Å². The van der Waals surface area contributed by atoms with Crippen LogP contribution < -0.4 is 5.32 Å². The molecule has 0 unspecified atom stereocenters. The fourth-order valence-corrected chi connectivity index (χ4v) is 1.35. The van der Waals surface area contributed by atoms with Crippen LogP contribution in [0.1, 0.15) is 11.1 Å². The molecule has 2 rings (SSSR count). The molecule has 0 saturated carbocycles. The van der Waals surface area contributed by atoms with E-state index < -0.39 is 0 Å². The first-order valence-corrected chi connectivity index (χ1v) is 3.65. The molecule has 1 heterocycles. The minimum Gasteiger partial charge on any atom is -0.315 e. The average molecular weight is 221 g/mol. The maximum atomic E-state index is 3.33. The minimum absolute atomic E-state index is 0. The maximum absolute atomic E-state index is 3.33. The summed E-state index contributed by atoms with van der Waals surface area (Å²) >= 11 is 0. The zero-order chi connectivity index (χ0) is 6.81. The Kier molecular flexibility index (Phi) is 3.70. The van der Waals surface area contributed by atoms with Crippen molar-refractivity contribution in [3.8, 4) is 0 Å². The molecule has 0 bridgehead atoms. The van der Waals surface area contributed by atoms with Crippen molar-refractivity contribution >= 4 is 0 Å². The second kappa shape index (κ2) is 4.34. The van der Waals surface area contributed by atoms with Crippen LogP contribution in [0.4, 0.5) is 0 Å². The summed E-state index contributed by atoms with van der Waals surface area (Å²) in [5.74, 6) is 0. The summed E-state index contributed by atoms with van der Waals surface area (Å²) in [6.07, 6.45) is 1.16. The number of rotatable bonds is 0. The molecule has 2 heteroatoms. The molecule has 1 aliphatic rings. The van der Waals surface area contributed by atoms with Crippen molar-refractivity contribution in [2.75, 3.05) is 6.54 Å². The SMILES string of the molecule is [Y].[c-]1ccc2c(c1)CCNC2. The Morgan fingerprint density at radius 3 is 3.09 bits per heavy atom. The quantitative estimate of drug-likeness (QED) is 0.647. The molecule has 0 saturated heterocycles. The fraction of sp³-hybridized carbons (Fsp3) is 0.333. The van der Waals surface area contributed by atoms with Crippen LogP contribution in [-0.2, 0) is 45.7 Å². The number of benzene rings is 1. The number of hydrogen-bond acceptors (Lipinski definition) is 1. The molecule has 1 aliphatic heterocycles. The van der Waals surface area contributed by atoms with Crippen LogP contribution in [0.25, 0.3) is 0 Å². The molecule has 11 heavy (non-hydrogen) atoms. The summed E-state index contributed by atoms with van der Waals surface area (Å²) in [5, 5.41) is 3.33. The number of hydrogen-bond donors (Lipinski definition) is 1. The van der Waals surface area contributed by atoms with Crippen molar-refractivity contribution in [2.45, 2.75) is 13.0 Å². The van der Waals surface area contributed by atoms with E-state index in [1.807, 2.05) is 6.07 Å². The van der Waals surface area contributed by atoms with E-state index in [1.54, 1.807) is 0 Å². The standard InChI is InChI=1S/C9H10N.Y/c1-2-4-9-7-10-6-5-8(9)3-1;/h2-4,10H,5-7H2;/q-1;. The van der Waals surface area contributed by atoms with E-state index in [2.05, 4.69) is 23.5 Å². The Labute approximate surface area is 92.5 Å². The van der Waals surface area contributed by atoms with Gasteiger partial charge >= 0.3 is 0 Å². The van der Waals surface area contributed by atoms with Gasteiger partial charge in [-0.25, -0.2) is 0 Å². The van der Waals surface area contributed by atoms with Crippen LogP contribution in [-0.4, -0.2) is 6.54 Å². The van der Waals surface area contributed by atoms with Crippen LogP contribution in [0.3, 0.4) is 0 Å². The van der Waals surface area contributed by atoms with Crippen LogP contribution in [0.15, 0.2) is 18.2 Å². The molecule has 0 spiro atoms. The first-order chi connectivity index (χ1) is 4.97. The molecule has 0 aliphatic carbocycles. The van der Waals surface area contributed by atoms with Gasteiger partial charge in [0.2, 0.25) is 0 Å². The van der Waals surface area contributed by atoms with Gasteiger partial charge in [0.15, 0.2) is 0 Å². The number of nitrogens with one attached hydrogen (secondary N) is 1. The van der Waals surface area contributed by atoms with Crippen molar-refractivity contribution < 1.29 is 32.7 Å². The van der Waals surface area contributed by atoms with E-state index in [1.165, 1.54) is 11.1 Å². The van der Waals surface area contributed by atoms with Crippen LogP contribution >= 0.6 is 0 Å². The van der Waals surface area contributed by atoms with Gasteiger partial charge in [-0.2, -0.15) is 29.8 Å². The van der Waals surface area contributed by atoms with Gasteiger partial charge in [0.05, 0.1) is 0 Å². The van der Waals surface area contributed by atoms with Crippen molar-refractivity contribution in [3.63, 3.8) is 0 Å². The summed E-state index contributed by atoms with van der Waals surface area (Å²) in [7, 11) is 0. The number of fused-ring (bicyclic) bond motifs is 1. The van der Waals surface area contributed by atoms with E-state index >= 15 is 0 Å². The Morgan fingerprint density at radius 2 is 2.27 bits per heavy atom. The molecule has 1 aromatic rings. The third kappa shape index (κ3) is 2.11. The Balaban J connectivity index is 0.000000605. The third-order valence-electron chi connectivity index (χ3n) is 1.94. The van der Waals surface area contributed by atoms with Gasteiger partial charge in [-0.05, 0) is 13.1 Å². The third-order valence-corrected chi connectivity index (χ3v) is 1.94. The summed E-state index contributed by atoms with van der Waals surface area (Å²) in [4.78, 5) is 0. The van der Waals surface area contributed by atoms with Gasteiger partial charge in [0.25, 0.3) is 0 Å². The van der Waals surface area contributed by atoms with Gasteiger partial charge < -0.3 is 5.32 Å². The first kappa shape index (κ1) is 9.37. The van der Waals surface area contributed by atoms with Gasteiger partial charge in [-0.1, -0.05) is 6.42 Å². The molecular weight excluding hydrogens is 211 g/mol. The molecule has 55 valence electrons. The monoisotopic (exact) mass is 221 g/mol. The molecule has 0 amide bonds. The first-order valence-electron chi connectivity index (χ1n) is 3.65. The van der Waals surface area contributed by atoms with Crippen LogP contribution in [0.2, 0.25) is 0 Å². The Hall–Kier alpha value is 0.284. The fourth-order valence-electron chi connectivity index (χ4n) is 1.35. The minimum atomic E-state index is 0. The molecule has 1 N–H and O–H groups in total. The van der Waals surface area contributed by atoms with Gasteiger partial charge in [0, 0.05) is 32.7 Å². The van der Waals surface area contributed by atoms with Crippen LogP contribution in [0, 0.1) is 6.07 Å². The molecule has 1 nitrogen and oxygen atoms in total. The summed E-state index contributed by atoms with van der Waals surface area (Å²) in [5.41, 5.74) is 2.89. The average Bonchev–Trinajstić information content (AvgIpc) is 2.05. The van der Waals surface area contributed by atoms with Crippen molar-refractivity contribution in [1.29, 1.82) is 0 Å². The smallest absolute Gasteiger partial charge is 0 e. The maximum Gasteiger partial charge on any atom is 0 e. The predicted molar refractivity (Wildman–Crippen MR) is 40.7 cm³/mol. The Morgan fingerprint density at radius 1 is 1.36 bits per heavy atom. The predicted octanol–water partition coefficient (Wildman–Crippen LogP) is 1.13. The van der Waals surface area contributed by atoms with E-state index in [9.17, 15) is 0 Å². The second-order valence-electron chi connectivity index (χ2n) is 2.62. The molecule has 1 aromatic carbocycles. The van der Waals surface area contributed by atoms with E-state index in [4.69, 9.17) is 0 Å². The van der Waals surface area contributed by atoms with Crippen molar-refractivity contribution in [3.05, 3.63) is 35.4 Å². The van der Waals surface area contributed by atoms with Crippen LogP contribution in [0.5, 0.6) is 0 Å². The van der Waals surface area contributed by atoms with E-state index in [0.29, 0.717) is 0 Å². The zero-order valence-electron chi connectivity index (χ0n) is 6.43. The van der Waals surface area contributed by atoms with Gasteiger partial charge in [-0.3, -0.25) is 0 Å². The normalized spacial score (nSPS) is 14.9. The Bertz CT molecular complexity index is 210. The largest absolute Gasteiger partial charge is 0.315 e. The second-order valence-corrected chi connectivity index (χ2v) is 2.62. The summed E-state index contributed by atoms with van der Waals surface area (Å²) in [6, 6.07) is 9.30. The molecule has 0 atom stereocenters. The summed E-state index contributed by atoms with van der Waals surface area (Å²) < 4.78 is 0. The molecule has 0 aromatic heterocycles. The molecule has 1 radical (unpaired) electrons. The summed E-state index contributed by atoms with van der Waals surface area (Å²) in [6.45, 7) is 2.15.